The molecule has 2 N–H and O–H groups in total. The van der Waals surface area contributed by atoms with E-state index in [2.05, 4.69) is 11.4 Å². The van der Waals surface area contributed by atoms with Crippen LogP contribution in [0.5, 0.6) is 11.5 Å². The summed E-state index contributed by atoms with van der Waals surface area (Å²) in [6, 6.07) is 7.65. The van der Waals surface area contributed by atoms with Crippen LogP contribution >= 0.6 is 0 Å². The molecule has 1 unspecified atom stereocenters. The fraction of sp³-hybridized carbons (Fsp3) is 0.417. The van der Waals surface area contributed by atoms with E-state index < -0.39 is 5.54 Å². The molecule has 3 rings (SSSR count). The van der Waals surface area contributed by atoms with Gasteiger partial charge in [0.2, 0.25) is 0 Å². The molecule has 1 aliphatic carbocycles. The first-order valence-electron chi connectivity index (χ1n) is 5.39. The van der Waals surface area contributed by atoms with Crippen molar-refractivity contribution < 1.29 is 9.84 Å². The Hall–Kier alpha value is -1.73. The number of hydrogen-bond acceptors (Lipinski definition) is 4. The number of benzene rings is 1. The topological polar surface area (TPSA) is 65.3 Å². The molecule has 82 valence electrons. The van der Waals surface area contributed by atoms with Gasteiger partial charge in [-0.15, -0.1) is 0 Å². The molecule has 4 heteroatoms. The average molecular weight is 216 g/mol. The number of phenolic OH excluding ortho intramolecular Hbond substituents is 1. The van der Waals surface area contributed by atoms with Gasteiger partial charge in [0, 0.05) is 17.7 Å². The van der Waals surface area contributed by atoms with Crippen molar-refractivity contribution in [2.24, 2.45) is 0 Å². The molecule has 0 saturated heterocycles. The van der Waals surface area contributed by atoms with Crippen LogP contribution in [-0.2, 0) is 5.54 Å². The lowest BCUT2D eigenvalue weighted by atomic mass is 9.93. The highest BCUT2D eigenvalue weighted by molar-refractivity contribution is 5.50. The van der Waals surface area contributed by atoms with E-state index in [4.69, 9.17) is 4.74 Å². The zero-order valence-corrected chi connectivity index (χ0v) is 8.73. The summed E-state index contributed by atoms with van der Waals surface area (Å²) in [6.45, 7) is 0.318. The molecule has 1 saturated carbocycles. The monoisotopic (exact) mass is 216 g/mol. The number of nitrogens with zero attached hydrogens (tertiary/aromatic N) is 1. The summed E-state index contributed by atoms with van der Waals surface area (Å²) in [7, 11) is 0. The summed E-state index contributed by atoms with van der Waals surface area (Å²) < 4.78 is 5.47. The van der Waals surface area contributed by atoms with Gasteiger partial charge in [0.25, 0.3) is 0 Å². The van der Waals surface area contributed by atoms with Crippen LogP contribution in [0.15, 0.2) is 18.2 Å². The largest absolute Gasteiger partial charge is 0.508 e. The molecule has 1 atom stereocenters. The van der Waals surface area contributed by atoms with E-state index in [1.165, 1.54) is 0 Å². The van der Waals surface area contributed by atoms with Crippen molar-refractivity contribution in [2.75, 3.05) is 6.61 Å². The third-order valence-electron chi connectivity index (χ3n) is 3.09. The van der Waals surface area contributed by atoms with Crippen LogP contribution < -0.4 is 10.1 Å². The lowest BCUT2D eigenvalue weighted by Crippen LogP contribution is -2.43. The summed E-state index contributed by atoms with van der Waals surface area (Å²) >= 11 is 0. The standard InChI is InChI=1S/C12H12N2O2/c13-6-12(14-8-1-2-8)7-16-11-5-9(15)3-4-10(11)12/h3-5,8,14-15H,1-2,7H2. The molecule has 0 spiro atoms. The molecule has 0 bridgehead atoms. The van der Waals surface area contributed by atoms with Gasteiger partial charge < -0.3 is 9.84 Å². The SMILES string of the molecule is N#CC1(NC2CC2)COc2cc(O)ccc21. The molecule has 16 heavy (non-hydrogen) atoms. The smallest absolute Gasteiger partial charge is 0.170 e. The van der Waals surface area contributed by atoms with Crippen LogP contribution in [0.4, 0.5) is 0 Å². The van der Waals surface area contributed by atoms with E-state index in [9.17, 15) is 10.4 Å². The highest BCUT2D eigenvalue weighted by Gasteiger charge is 2.44. The fourth-order valence-electron chi connectivity index (χ4n) is 2.07. The zero-order valence-electron chi connectivity index (χ0n) is 8.73. The van der Waals surface area contributed by atoms with Crippen molar-refractivity contribution in [1.82, 2.24) is 5.32 Å². The number of phenols is 1. The summed E-state index contributed by atoms with van der Waals surface area (Å²) in [6.07, 6.45) is 2.24. The molecule has 0 amide bonds. The number of aromatic hydroxyl groups is 1. The van der Waals surface area contributed by atoms with Gasteiger partial charge in [-0.1, -0.05) is 0 Å². The molecule has 0 aromatic heterocycles. The summed E-state index contributed by atoms with van der Waals surface area (Å²) in [5.74, 6) is 0.772. The van der Waals surface area contributed by atoms with Crippen LogP contribution in [0.3, 0.4) is 0 Å². The van der Waals surface area contributed by atoms with Gasteiger partial charge in [-0.05, 0) is 25.0 Å². The fourth-order valence-corrected chi connectivity index (χ4v) is 2.07. The number of nitrogens with one attached hydrogen (secondary N) is 1. The molecule has 1 fully saturated rings. The first-order chi connectivity index (χ1) is 7.73. The van der Waals surface area contributed by atoms with Crippen molar-refractivity contribution in [2.45, 2.75) is 24.4 Å². The van der Waals surface area contributed by atoms with E-state index in [-0.39, 0.29) is 5.75 Å². The quantitative estimate of drug-likeness (QED) is 0.781. The second-order valence-electron chi connectivity index (χ2n) is 4.40. The Bertz CT molecular complexity index is 476. The maximum atomic E-state index is 9.35. The Morgan fingerprint density at radius 2 is 2.31 bits per heavy atom. The molecular formula is C12H12N2O2. The van der Waals surface area contributed by atoms with Crippen molar-refractivity contribution in [3.8, 4) is 17.6 Å². The Kier molecular flexibility index (Phi) is 1.86. The Morgan fingerprint density at radius 3 is 3.00 bits per heavy atom. The maximum Gasteiger partial charge on any atom is 0.170 e. The Morgan fingerprint density at radius 1 is 1.50 bits per heavy atom. The molecule has 1 aliphatic heterocycles. The second-order valence-corrected chi connectivity index (χ2v) is 4.40. The van der Waals surface area contributed by atoms with Crippen LogP contribution in [0, 0.1) is 11.3 Å². The third kappa shape index (κ3) is 1.33. The van der Waals surface area contributed by atoms with Crippen molar-refractivity contribution in [3.63, 3.8) is 0 Å². The van der Waals surface area contributed by atoms with E-state index in [1.807, 2.05) is 0 Å². The first-order valence-corrected chi connectivity index (χ1v) is 5.39. The van der Waals surface area contributed by atoms with E-state index in [0.29, 0.717) is 18.4 Å². The lowest BCUT2D eigenvalue weighted by Gasteiger charge is -2.20. The van der Waals surface area contributed by atoms with Gasteiger partial charge in [-0.25, -0.2) is 0 Å². The molecule has 1 heterocycles. The predicted molar refractivity (Wildman–Crippen MR) is 57.1 cm³/mol. The molecule has 1 aromatic carbocycles. The van der Waals surface area contributed by atoms with Crippen LogP contribution in [0.1, 0.15) is 18.4 Å². The molecule has 4 nitrogen and oxygen atoms in total. The van der Waals surface area contributed by atoms with Crippen LogP contribution in [0.25, 0.3) is 0 Å². The van der Waals surface area contributed by atoms with Gasteiger partial charge in [0.15, 0.2) is 5.54 Å². The summed E-state index contributed by atoms with van der Waals surface area (Å²) in [5, 5.41) is 22.0. The van der Waals surface area contributed by atoms with Gasteiger partial charge in [0.05, 0.1) is 6.07 Å². The maximum absolute atomic E-state index is 9.35. The van der Waals surface area contributed by atoms with Crippen LogP contribution in [-0.4, -0.2) is 17.8 Å². The van der Waals surface area contributed by atoms with Crippen molar-refractivity contribution in [1.29, 1.82) is 5.26 Å². The number of hydrogen-bond donors (Lipinski definition) is 2. The van der Waals surface area contributed by atoms with Gasteiger partial charge in [0.1, 0.15) is 18.1 Å². The molecule has 1 aromatic rings. The number of nitriles is 1. The predicted octanol–water partition coefficient (Wildman–Crippen LogP) is 1.26. The van der Waals surface area contributed by atoms with E-state index in [1.54, 1.807) is 18.2 Å². The molecule has 2 aliphatic rings. The minimum atomic E-state index is -0.732. The third-order valence-corrected chi connectivity index (χ3v) is 3.09. The summed E-state index contributed by atoms with van der Waals surface area (Å²) in [5.41, 5.74) is 0.101. The van der Waals surface area contributed by atoms with Gasteiger partial charge in [-0.3, -0.25) is 5.32 Å². The van der Waals surface area contributed by atoms with Crippen LogP contribution in [0.2, 0.25) is 0 Å². The lowest BCUT2D eigenvalue weighted by molar-refractivity contribution is 0.269. The Labute approximate surface area is 93.5 Å². The molecular weight excluding hydrogens is 204 g/mol. The average Bonchev–Trinajstić information content (AvgIpc) is 3.02. The minimum absolute atomic E-state index is 0.166. The highest BCUT2D eigenvalue weighted by Crippen LogP contribution is 2.40. The summed E-state index contributed by atoms with van der Waals surface area (Å²) in [4.78, 5) is 0. The minimum Gasteiger partial charge on any atom is -0.508 e. The van der Waals surface area contributed by atoms with E-state index in [0.717, 1.165) is 18.4 Å². The van der Waals surface area contributed by atoms with Crippen molar-refractivity contribution in [3.05, 3.63) is 23.8 Å². The normalized spacial score (nSPS) is 26.9. The van der Waals surface area contributed by atoms with Gasteiger partial charge in [-0.2, -0.15) is 5.26 Å². The van der Waals surface area contributed by atoms with Crippen molar-refractivity contribution >= 4 is 0 Å². The van der Waals surface area contributed by atoms with Gasteiger partial charge >= 0.3 is 0 Å². The molecule has 0 radical (unpaired) electrons. The first kappa shape index (κ1) is 9.49. The highest BCUT2D eigenvalue weighted by atomic mass is 16.5. The van der Waals surface area contributed by atoms with E-state index >= 15 is 0 Å². The number of fused-ring (bicyclic) bond motifs is 1. The Balaban J connectivity index is 2.02. The number of ether oxygens (including phenoxy) is 1. The zero-order chi connectivity index (χ0) is 11.2. The number of rotatable bonds is 2. The second kappa shape index (κ2) is 3.13.